The molecule has 0 amide bonds. The highest BCUT2D eigenvalue weighted by Crippen LogP contribution is 2.39. The highest BCUT2D eigenvalue weighted by atomic mass is 127. The van der Waals surface area contributed by atoms with E-state index in [1.54, 1.807) is 24.3 Å². The first-order valence-corrected chi connectivity index (χ1v) is 17.5. The molecule has 6 heteroatoms. The van der Waals surface area contributed by atoms with Crippen LogP contribution in [0.4, 0.5) is 13.2 Å². The second kappa shape index (κ2) is 15.8. The first-order chi connectivity index (χ1) is 22.3. The van der Waals surface area contributed by atoms with E-state index in [0.717, 1.165) is 53.3 Å². The maximum absolute atomic E-state index is 14.9. The quantitative estimate of drug-likeness (QED) is 0.134. The van der Waals surface area contributed by atoms with E-state index in [9.17, 15) is 13.2 Å². The molecule has 0 N–H and O–H groups in total. The molecule has 0 saturated heterocycles. The van der Waals surface area contributed by atoms with Gasteiger partial charge >= 0.3 is 0 Å². The van der Waals surface area contributed by atoms with Crippen molar-refractivity contribution in [1.82, 2.24) is 0 Å². The predicted molar refractivity (Wildman–Crippen MR) is 196 cm³/mol. The Bertz CT molecular complexity index is 1910. The van der Waals surface area contributed by atoms with Crippen molar-refractivity contribution in [3.05, 3.63) is 135 Å². The second-order valence-electron chi connectivity index (χ2n) is 11.1. The molecule has 0 aliphatic rings. The van der Waals surface area contributed by atoms with Crippen molar-refractivity contribution < 1.29 is 17.9 Å². The van der Waals surface area contributed by atoms with Crippen LogP contribution in [0.3, 0.4) is 0 Å². The van der Waals surface area contributed by atoms with E-state index in [2.05, 4.69) is 50.2 Å². The summed E-state index contributed by atoms with van der Waals surface area (Å²) in [6.07, 6.45) is 4.39. The van der Waals surface area contributed by atoms with Crippen molar-refractivity contribution in [3.8, 4) is 38.4 Å². The summed E-state index contributed by atoms with van der Waals surface area (Å²) in [6.45, 7) is 6.54. The molecule has 0 radical (unpaired) electrons. The number of fused-ring (bicyclic) bond motifs is 1. The summed E-state index contributed by atoms with van der Waals surface area (Å²) in [7, 11) is 0. The summed E-state index contributed by atoms with van der Waals surface area (Å²) in [6, 6.07) is 32.5. The molecule has 1 aromatic heterocycles. The minimum atomic E-state index is -0.384. The number of hydrogen-bond acceptors (Lipinski definition) is 2. The summed E-state index contributed by atoms with van der Waals surface area (Å²) < 4.78 is 49.5. The Labute approximate surface area is 287 Å². The molecule has 0 atom stereocenters. The maximum Gasteiger partial charge on any atom is 0.182 e. The van der Waals surface area contributed by atoms with Gasteiger partial charge in [0.2, 0.25) is 0 Å². The Kier molecular flexibility index (Phi) is 11.6. The number of ether oxygens (including phenoxy) is 1. The monoisotopic (exact) mass is 748 g/mol. The van der Waals surface area contributed by atoms with E-state index in [4.69, 9.17) is 4.74 Å². The van der Waals surface area contributed by atoms with Crippen molar-refractivity contribution in [3.63, 3.8) is 0 Å². The van der Waals surface area contributed by atoms with Crippen LogP contribution in [-0.2, 0) is 12.8 Å². The third-order valence-electron chi connectivity index (χ3n) is 7.70. The molecular formula is C40H36F3IOS. The molecule has 6 rings (SSSR count). The summed E-state index contributed by atoms with van der Waals surface area (Å²) in [4.78, 5) is 0.704. The fourth-order valence-electron chi connectivity index (χ4n) is 5.33. The summed E-state index contributed by atoms with van der Waals surface area (Å²) >= 11 is 3.25. The Morgan fingerprint density at radius 1 is 0.609 bits per heavy atom. The maximum atomic E-state index is 14.9. The minimum Gasteiger partial charge on any atom is -0.491 e. The second-order valence-corrected chi connectivity index (χ2v) is 13.3. The van der Waals surface area contributed by atoms with Crippen LogP contribution < -0.4 is 4.74 Å². The average molecular weight is 749 g/mol. The third-order valence-corrected chi connectivity index (χ3v) is 9.75. The fourth-order valence-corrected chi connectivity index (χ4v) is 6.78. The van der Waals surface area contributed by atoms with Gasteiger partial charge in [0.15, 0.2) is 11.6 Å². The molecule has 0 aliphatic carbocycles. The Hall–Kier alpha value is -3.62. The first-order valence-electron chi connectivity index (χ1n) is 15.6. The van der Waals surface area contributed by atoms with Gasteiger partial charge in [0.1, 0.15) is 11.6 Å². The highest BCUT2D eigenvalue weighted by molar-refractivity contribution is 14.1. The molecule has 236 valence electrons. The highest BCUT2D eigenvalue weighted by Gasteiger charge is 2.15. The van der Waals surface area contributed by atoms with Crippen LogP contribution in [0.15, 0.2) is 103 Å². The number of rotatable bonds is 9. The van der Waals surface area contributed by atoms with Crippen molar-refractivity contribution in [1.29, 1.82) is 0 Å². The lowest BCUT2D eigenvalue weighted by atomic mass is 10.0. The molecule has 1 nitrogen and oxygen atoms in total. The van der Waals surface area contributed by atoms with Crippen molar-refractivity contribution in [2.45, 2.75) is 46.5 Å². The minimum absolute atomic E-state index is 0.152. The van der Waals surface area contributed by atoms with Crippen molar-refractivity contribution >= 4 is 44.0 Å². The van der Waals surface area contributed by atoms with Crippen LogP contribution in [0.2, 0.25) is 0 Å². The molecular weight excluding hydrogens is 712 g/mol. The Morgan fingerprint density at radius 3 is 1.67 bits per heavy atom. The van der Waals surface area contributed by atoms with Gasteiger partial charge in [-0.25, -0.2) is 13.2 Å². The van der Waals surface area contributed by atoms with Crippen LogP contribution in [0.25, 0.3) is 42.8 Å². The van der Waals surface area contributed by atoms with E-state index in [-0.39, 0.29) is 23.2 Å². The molecule has 5 aromatic carbocycles. The number of thiophene rings is 1. The number of benzene rings is 5. The largest absolute Gasteiger partial charge is 0.491 e. The zero-order valence-electron chi connectivity index (χ0n) is 26.2. The van der Waals surface area contributed by atoms with Gasteiger partial charge in [-0.1, -0.05) is 87.4 Å². The molecule has 6 aromatic rings. The predicted octanol–water partition coefficient (Wildman–Crippen LogP) is 12.9. The van der Waals surface area contributed by atoms with Gasteiger partial charge in [-0.05, 0) is 124 Å². The van der Waals surface area contributed by atoms with Gasteiger partial charge in [0.05, 0.1) is 11.3 Å². The smallest absolute Gasteiger partial charge is 0.182 e. The van der Waals surface area contributed by atoms with Gasteiger partial charge < -0.3 is 4.74 Å². The zero-order chi connectivity index (χ0) is 32.6. The molecule has 0 unspecified atom stereocenters. The average Bonchev–Trinajstić information content (AvgIpc) is 3.50. The normalized spacial score (nSPS) is 10.9. The van der Waals surface area contributed by atoms with Gasteiger partial charge in [-0.15, -0.1) is 11.3 Å². The van der Waals surface area contributed by atoms with Gasteiger partial charge in [0.25, 0.3) is 0 Å². The number of halogens is 4. The summed E-state index contributed by atoms with van der Waals surface area (Å²) in [5, 5.41) is 0.751. The first kappa shape index (κ1) is 33.7. The molecule has 0 spiro atoms. The lowest BCUT2D eigenvalue weighted by molar-refractivity contribution is 0.323. The SMILES string of the molecule is CCCc1ccc(-c2ccc(-c3cc4ccc(OCC)c(F)c4s3)c(F)c2)cc1.CCCc1ccc(-c2ccc(I)c(F)c2)cc1. The standard InChI is InChI=1S/C25H22F2OS.C15H14FI/c1-3-5-16-6-8-17(9-7-16)18-10-12-20(21(26)14-18)23-15-19-11-13-22(28-4-2)24(27)25(19)29-23;1-2-3-11-4-6-12(7-5-11)13-8-9-15(17)14(16)10-13/h6-15H,3-5H2,1-2H3;4-10H,2-3H2,1H3. The molecule has 0 aliphatic heterocycles. The van der Waals surface area contributed by atoms with Gasteiger partial charge in [-0.3, -0.25) is 0 Å². The molecule has 46 heavy (non-hydrogen) atoms. The lowest BCUT2D eigenvalue weighted by Crippen LogP contribution is -1.93. The molecule has 0 bridgehead atoms. The fraction of sp³-hybridized carbons (Fsp3) is 0.200. The Morgan fingerprint density at radius 2 is 1.15 bits per heavy atom. The Balaban J connectivity index is 0.000000209. The van der Waals surface area contributed by atoms with E-state index in [1.807, 2.05) is 72.0 Å². The zero-order valence-corrected chi connectivity index (χ0v) is 29.2. The van der Waals surface area contributed by atoms with Crippen LogP contribution in [-0.4, -0.2) is 6.61 Å². The topological polar surface area (TPSA) is 9.23 Å². The summed E-state index contributed by atoms with van der Waals surface area (Å²) in [5.74, 6) is -0.613. The number of aryl methyl sites for hydroxylation is 2. The van der Waals surface area contributed by atoms with E-state index >= 15 is 0 Å². The van der Waals surface area contributed by atoms with E-state index in [0.29, 0.717) is 25.3 Å². The van der Waals surface area contributed by atoms with E-state index < -0.39 is 0 Å². The molecule has 1 heterocycles. The van der Waals surface area contributed by atoms with Gasteiger partial charge in [0, 0.05) is 14.0 Å². The van der Waals surface area contributed by atoms with Crippen LogP contribution in [0.5, 0.6) is 5.75 Å². The van der Waals surface area contributed by atoms with Crippen LogP contribution in [0.1, 0.15) is 44.7 Å². The third kappa shape index (κ3) is 8.02. The molecule has 0 fully saturated rings. The van der Waals surface area contributed by atoms with Crippen molar-refractivity contribution in [2.24, 2.45) is 0 Å². The van der Waals surface area contributed by atoms with Crippen molar-refractivity contribution in [2.75, 3.05) is 6.61 Å². The van der Waals surface area contributed by atoms with Crippen LogP contribution >= 0.6 is 33.9 Å². The van der Waals surface area contributed by atoms with Gasteiger partial charge in [-0.2, -0.15) is 0 Å². The lowest BCUT2D eigenvalue weighted by Gasteiger charge is -2.07. The summed E-state index contributed by atoms with van der Waals surface area (Å²) in [5.41, 5.74) is 6.93. The molecule has 0 saturated carbocycles. The van der Waals surface area contributed by atoms with Crippen LogP contribution in [0, 0.1) is 21.0 Å². The number of hydrogen-bond donors (Lipinski definition) is 0. The van der Waals surface area contributed by atoms with E-state index in [1.165, 1.54) is 22.5 Å².